The second kappa shape index (κ2) is 8.52. The molecule has 4 amide bonds. The predicted molar refractivity (Wildman–Crippen MR) is 112 cm³/mol. The first-order valence-electron chi connectivity index (χ1n) is 10.7. The molecule has 0 atom stereocenters. The highest BCUT2D eigenvalue weighted by Crippen LogP contribution is 2.33. The van der Waals surface area contributed by atoms with Crippen LogP contribution in [0.4, 0.5) is 4.79 Å². The van der Waals surface area contributed by atoms with Crippen LogP contribution in [0.25, 0.3) is 0 Å². The zero-order chi connectivity index (χ0) is 22.9. The molecule has 2 aliphatic heterocycles. The first kappa shape index (κ1) is 22.2. The number of nitriles is 1. The highest BCUT2D eigenvalue weighted by molar-refractivity contribution is 7.89. The Morgan fingerprint density at radius 2 is 1.72 bits per heavy atom. The Morgan fingerprint density at radius 1 is 1.09 bits per heavy atom. The second-order valence-electron chi connectivity index (χ2n) is 8.50. The Balaban J connectivity index is 1.36. The molecule has 0 unspecified atom stereocenters. The summed E-state index contributed by atoms with van der Waals surface area (Å²) in [4.78, 5) is 38.0. The van der Waals surface area contributed by atoms with E-state index >= 15 is 0 Å². The number of benzene rings is 1. The number of nitrogens with one attached hydrogen (secondary N) is 2. The number of urea groups is 1. The molecule has 1 aromatic rings. The Kier molecular flexibility index (Phi) is 5.92. The van der Waals surface area contributed by atoms with Crippen LogP contribution in [0.5, 0.6) is 0 Å². The van der Waals surface area contributed by atoms with E-state index in [1.807, 2.05) is 6.07 Å². The van der Waals surface area contributed by atoms with Gasteiger partial charge in [0, 0.05) is 19.0 Å². The fraction of sp³-hybridized carbons (Fsp3) is 0.524. The second-order valence-corrected chi connectivity index (χ2v) is 10.4. The number of hydrazine groups is 1. The number of imide groups is 1. The quantitative estimate of drug-likeness (QED) is 0.650. The molecule has 0 radical (unpaired) electrons. The Labute approximate surface area is 186 Å². The van der Waals surface area contributed by atoms with Gasteiger partial charge in [0.1, 0.15) is 5.54 Å². The van der Waals surface area contributed by atoms with E-state index in [0.29, 0.717) is 18.4 Å². The van der Waals surface area contributed by atoms with E-state index in [1.54, 1.807) is 0 Å². The summed E-state index contributed by atoms with van der Waals surface area (Å²) in [6, 6.07) is 7.02. The number of nitrogens with zero attached hydrogens (tertiary/aromatic N) is 3. The molecule has 1 spiro atoms. The summed E-state index contributed by atoms with van der Waals surface area (Å²) in [5, 5.41) is 12.4. The molecular formula is C21H25N5O5S. The minimum atomic E-state index is -3.73. The zero-order valence-corrected chi connectivity index (χ0v) is 18.4. The van der Waals surface area contributed by atoms with Gasteiger partial charge in [0.15, 0.2) is 0 Å². The van der Waals surface area contributed by atoms with Gasteiger partial charge < -0.3 is 5.32 Å². The third-order valence-corrected chi connectivity index (χ3v) is 8.45. The standard InChI is InChI=1S/C21H25N5O5S/c22-14-15-4-6-17(7-5-15)32(30,31)25-12-8-16(9-13-25)18(27)24-26-19(28)21(23-20(26)29)10-2-1-3-11-21/h4-7,16H,1-3,8-13H2,(H,23,29)(H,24,27). The molecule has 2 heterocycles. The van der Waals surface area contributed by atoms with Gasteiger partial charge in [-0.05, 0) is 49.9 Å². The van der Waals surface area contributed by atoms with E-state index in [4.69, 9.17) is 5.26 Å². The van der Waals surface area contributed by atoms with Crippen molar-refractivity contribution in [3.8, 4) is 6.07 Å². The molecule has 3 aliphatic rings. The van der Waals surface area contributed by atoms with Gasteiger partial charge in [-0.25, -0.2) is 13.2 Å². The number of carbonyl (C=O) groups excluding carboxylic acids is 3. The summed E-state index contributed by atoms with van der Waals surface area (Å²) in [7, 11) is -3.73. The molecule has 1 saturated carbocycles. The fourth-order valence-electron chi connectivity index (χ4n) is 4.63. The molecule has 1 aromatic carbocycles. The number of piperidine rings is 1. The molecule has 10 nitrogen and oxygen atoms in total. The Bertz CT molecular complexity index is 1060. The van der Waals surface area contributed by atoms with E-state index in [0.717, 1.165) is 24.3 Å². The first-order valence-corrected chi connectivity index (χ1v) is 12.2. The molecule has 3 fully saturated rings. The molecule has 2 saturated heterocycles. The van der Waals surface area contributed by atoms with Gasteiger partial charge >= 0.3 is 6.03 Å². The van der Waals surface area contributed by atoms with Crippen molar-refractivity contribution in [3.63, 3.8) is 0 Å². The van der Waals surface area contributed by atoms with Crippen LogP contribution < -0.4 is 10.7 Å². The molecular weight excluding hydrogens is 434 g/mol. The SMILES string of the molecule is N#Cc1ccc(S(=O)(=O)N2CCC(C(=O)NN3C(=O)NC4(CCCCC4)C3=O)CC2)cc1. The number of carbonyl (C=O) groups is 3. The summed E-state index contributed by atoms with van der Waals surface area (Å²) < 4.78 is 27.0. The third-order valence-electron chi connectivity index (χ3n) is 6.54. The van der Waals surface area contributed by atoms with Crippen LogP contribution in [0, 0.1) is 17.2 Å². The van der Waals surface area contributed by atoms with Crippen molar-refractivity contribution in [3.05, 3.63) is 29.8 Å². The zero-order valence-electron chi connectivity index (χ0n) is 17.5. The lowest BCUT2D eigenvalue weighted by Crippen LogP contribution is -2.53. The third kappa shape index (κ3) is 3.96. The van der Waals surface area contributed by atoms with Crippen LogP contribution in [-0.4, -0.2) is 54.2 Å². The maximum Gasteiger partial charge on any atom is 0.344 e. The molecule has 4 rings (SSSR count). The van der Waals surface area contributed by atoms with E-state index in [2.05, 4.69) is 10.7 Å². The molecule has 11 heteroatoms. The average molecular weight is 460 g/mol. The van der Waals surface area contributed by atoms with Crippen molar-refractivity contribution >= 4 is 27.9 Å². The van der Waals surface area contributed by atoms with Crippen molar-refractivity contribution in [2.24, 2.45) is 5.92 Å². The number of amides is 4. The van der Waals surface area contributed by atoms with Crippen molar-refractivity contribution in [2.75, 3.05) is 13.1 Å². The van der Waals surface area contributed by atoms with Crippen LogP contribution in [0.1, 0.15) is 50.5 Å². The molecule has 1 aliphatic carbocycles. The summed E-state index contributed by atoms with van der Waals surface area (Å²) in [5.74, 6) is -1.39. The summed E-state index contributed by atoms with van der Waals surface area (Å²) >= 11 is 0. The minimum absolute atomic E-state index is 0.0940. The van der Waals surface area contributed by atoms with Gasteiger partial charge in [-0.3, -0.25) is 15.0 Å². The van der Waals surface area contributed by atoms with Gasteiger partial charge in [0.05, 0.1) is 16.5 Å². The normalized spacial score (nSPS) is 21.9. The largest absolute Gasteiger partial charge is 0.344 e. The Hall–Kier alpha value is -2.97. The average Bonchev–Trinajstić information content (AvgIpc) is 3.03. The Morgan fingerprint density at radius 3 is 2.31 bits per heavy atom. The first-order chi connectivity index (χ1) is 15.3. The van der Waals surface area contributed by atoms with Crippen LogP contribution in [-0.2, 0) is 19.6 Å². The van der Waals surface area contributed by atoms with E-state index < -0.39 is 39.3 Å². The predicted octanol–water partition coefficient (Wildman–Crippen LogP) is 1.24. The van der Waals surface area contributed by atoms with Gasteiger partial charge in [0.2, 0.25) is 15.9 Å². The smallest absolute Gasteiger partial charge is 0.322 e. The van der Waals surface area contributed by atoms with E-state index in [1.165, 1.54) is 28.6 Å². The van der Waals surface area contributed by atoms with Crippen molar-refractivity contribution in [1.29, 1.82) is 5.26 Å². The van der Waals surface area contributed by atoms with Gasteiger partial charge in [-0.1, -0.05) is 19.3 Å². The van der Waals surface area contributed by atoms with Crippen LogP contribution in [0.3, 0.4) is 0 Å². The van der Waals surface area contributed by atoms with E-state index in [9.17, 15) is 22.8 Å². The molecule has 170 valence electrons. The fourth-order valence-corrected chi connectivity index (χ4v) is 6.10. The molecule has 32 heavy (non-hydrogen) atoms. The molecule has 0 bridgehead atoms. The molecule has 2 N–H and O–H groups in total. The number of rotatable bonds is 4. The van der Waals surface area contributed by atoms with E-state index in [-0.39, 0.29) is 30.8 Å². The van der Waals surface area contributed by atoms with Gasteiger partial charge in [0.25, 0.3) is 5.91 Å². The number of hydrogen-bond acceptors (Lipinski definition) is 6. The maximum absolute atomic E-state index is 12.8. The lowest BCUT2D eigenvalue weighted by Gasteiger charge is -2.32. The summed E-state index contributed by atoms with van der Waals surface area (Å²) in [6.07, 6.45) is 4.39. The van der Waals surface area contributed by atoms with Crippen molar-refractivity contribution in [1.82, 2.24) is 20.1 Å². The van der Waals surface area contributed by atoms with Gasteiger partial charge in [-0.2, -0.15) is 14.6 Å². The number of hydrogen-bond donors (Lipinski definition) is 2. The minimum Gasteiger partial charge on any atom is -0.322 e. The van der Waals surface area contributed by atoms with Crippen molar-refractivity contribution in [2.45, 2.75) is 55.4 Å². The maximum atomic E-state index is 12.8. The van der Waals surface area contributed by atoms with Gasteiger partial charge in [-0.15, -0.1) is 0 Å². The van der Waals surface area contributed by atoms with Crippen LogP contribution in [0.2, 0.25) is 0 Å². The topological polar surface area (TPSA) is 140 Å². The lowest BCUT2D eigenvalue weighted by atomic mass is 9.82. The van der Waals surface area contributed by atoms with Crippen molar-refractivity contribution < 1.29 is 22.8 Å². The lowest BCUT2D eigenvalue weighted by molar-refractivity contribution is -0.141. The van der Waals surface area contributed by atoms with Crippen LogP contribution >= 0.6 is 0 Å². The highest BCUT2D eigenvalue weighted by atomic mass is 32.2. The molecule has 0 aromatic heterocycles. The van der Waals surface area contributed by atoms with Crippen LogP contribution in [0.15, 0.2) is 29.2 Å². The summed E-state index contributed by atoms with van der Waals surface area (Å²) in [5.41, 5.74) is 1.91. The highest BCUT2D eigenvalue weighted by Gasteiger charge is 2.52. The number of sulfonamides is 1. The monoisotopic (exact) mass is 459 g/mol. The summed E-state index contributed by atoms with van der Waals surface area (Å²) in [6.45, 7) is 0.287.